The molecule has 0 spiro atoms. The molecule has 7 heteroatoms. The van der Waals surface area contributed by atoms with E-state index in [0.717, 1.165) is 11.1 Å². The molecular formula is C27H24O7. The Balaban J connectivity index is 1.22. The van der Waals surface area contributed by atoms with Gasteiger partial charge in [0.25, 0.3) is 0 Å². The Morgan fingerprint density at radius 2 is 1.15 bits per heavy atom. The molecular weight excluding hydrogens is 436 g/mol. The van der Waals surface area contributed by atoms with Gasteiger partial charge in [0.15, 0.2) is 18.9 Å². The second kappa shape index (κ2) is 9.29. The summed E-state index contributed by atoms with van der Waals surface area (Å²) < 4.78 is 36.7. The summed E-state index contributed by atoms with van der Waals surface area (Å²) in [6.07, 6.45) is -3.83. The summed E-state index contributed by atoms with van der Waals surface area (Å²) in [5, 5.41) is 0. The maximum Gasteiger partial charge on any atom is 0.338 e. The number of carbonyl (C=O) groups excluding carboxylic acids is 1. The lowest BCUT2D eigenvalue weighted by Crippen LogP contribution is -2.56. The second-order valence-corrected chi connectivity index (χ2v) is 8.43. The van der Waals surface area contributed by atoms with Crippen LogP contribution in [0.15, 0.2) is 91.0 Å². The summed E-state index contributed by atoms with van der Waals surface area (Å²) in [5.41, 5.74) is 2.26. The molecule has 34 heavy (non-hydrogen) atoms. The molecule has 0 N–H and O–H groups in total. The van der Waals surface area contributed by atoms with Crippen LogP contribution < -0.4 is 0 Å². The van der Waals surface area contributed by atoms with E-state index in [2.05, 4.69) is 0 Å². The van der Waals surface area contributed by atoms with Crippen LogP contribution >= 0.6 is 0 Å². The maximum atomic E-state index is 12.5. The van der Waals surface area contributed by atoms with E-state index >= 15 is 0 Å². The van der Waals surface area contributed by atoms with Gasteiger partial charge in [-0.1, -0.05) is 78.9 Å². The second-order valence-electron chi connectivity index (χ2n) is 8.43. The van der Waals surface area contributed by atoms with Gasteiger partial charge in [0.2, 0.25) is 0 Å². The van der Waals surface area contributed by atoms with E-state index in [1.807, 2.05) is 66.7 Å². The number of fused-ring (bicyclic) bond motifs is 3. The van der Waals surface area contributed by atoms with Crippen LogP contribution in [0.5, 0.6) is 0 Å². The zero-order chi connectivity index (χ0) is 22.9. The summed E-state index contributed by atoms with van der Waals surface area (Å²) in [6.45, 7) is 0.00233. The molecule has 0 aromatic heterocycles. The van der Waals surface area contributed by atoms with Gasteiger partial charge in [-0.25, -0.2) is 4.79 Å². The molecule has 6 rings (SSSR count). The van der Waals surface area contributed by atoms with Gasteiger partial charge >= 0.3 is 5.97 Å². The Labute approximate surface area is 197 Å². The lowest BCUT2D eigenvalue weighted by molar-refractivity contribution is -0.231. The number of esters is 1. The molecule has 0 radical (unpaired) electrons. The van der Waals surface area contributed by atoms with Crippen molar-refractivity contribution in [3.63, 3.8) is 0 Å². The van der Waals surface area contributed by atoms with Crippen molar-refractivity contribution in [2.45, 2.75) is 43.3 Å². The Bertz CT molecular complexity index is 1110. The summed E-state index contributed by atoms with van der Waals surface area (Å²) in [7, 11) is 0. The molecule has 3 heterocycles. The van der Waals surface area contributed by atoms with Crippen molar-refractivity contribution in [1.82, 2.24) is 0 Å². The van der Waals surface area contributed by atoms with E-state index in [0.29, 0.717) is 5.56 Å². The molecule has 7 atom stereocenters. The van der Waals surface area contributed by atoms with Gasteiger partial charge in [-0.3, -0.25) is 0 Å². The largest absolute Gasteiger partial charge is 0.459 e. The molecule has 3 saturated heterocycles. The van der Waals surface area contributed by atoms with Crippen LogP contribution in [0.4, 0.5) is 0 Å². The number of ether oxygens (including phenoxy) is 6. The SMILES string of the molecule is O=C(OC[C@H]1OC2OC(c3ccccc3)O[C@@H]2[C@H]2OC(c3ccccc3)O[C@@H]21)c1ccccc1. The van der Waals surface area contributed by atoms with E-state index in [4.69, 9.17) is 28.4 Å². The van der Waals surface area contributed by atoms with Gasteiger partial charge < -0.3 is 28.4 Å². The van der Waals surface area contributed by atoms with E-state index in [-0.39, 0.29) is 6.61 Å². The first-order valence-electron chi connectivity index (χ1n) is 11.4. The quantitative estimate of drug-likeness (QED) is 0.530. The Kier molecular flexibility index (Phi) is 5.86. The molecule has 7 nitrogen and oxygen atoms in total. The van der Waals surface area contributed by atoms with Crippen molar-refractivity contribution in [3.8, 4) is 0 Å². The average molecular weight is 460 g/mol. The number of rotatable bonds is 5. The molecule has 0 amide bonds. The molecule has 3 aromatic rings. The van der Waals surface area contributed by atoms with Crippen LogP contribution in [0.1, 0.15) is 34.1 Å². The first-order valence-corrected chi connectivity index (χ1v) is 11.4. The van der Waals surface area contributed by atoms with Crippen molar-refractivity contribution in [3.05, 3.63) is 108 Å². The highest BCUT2D eigenvalue weighted by Crippen LogP contribution is 2.45. The lowest BCUT2D eigenvalue weighted by Gasteiger charge is -2.36. The normalized spacial score (nSPS) is 32.1. The third-order valence-electron chi connectivity index (χ3n) is 6.22. The molecule has 3 aliphatic rings. The molecule has 0 saturated carbocycles. The van der Waals surface area contributed by atoms with Gasteiger partial charge in [-0.15, -0.1) is 0 Å². The van der Waals surface area contributed by atoms with Crippen molar-refractivity contribution < 1.29 is 33.2 Å². The van der Waals surface area contributed by atoms with Crippen LogP contribution in [0.2, 0.25) is 0 Å². The zero-order valence-corrected chi connectivity index (χ0v) is 18.3. The monoisotopic (exact) mass is 460 g/mol. The van der Waals surface area contributed by atoms with E-state index in [1.165, 1.54) is 0 Å². The fraction of sp³-hybridized carbons (Fsp3) is 0.296. The first-order chi connectivity index (χ1) is 16.8. The number of hydrogen-bond acceptors (Lipinski definition) is 7. The molecule has 3 aromatic carbocycles. The standard InChI is InChI=1S/C27H24O7/c28-24(17-10-4-1-5-11-17)29-16-20-21-22(32-25(31-21)18-12-6-2-7-13-18)23-27(30-20)34-26(33-23)19-14-8-3-9-15-19/h1-15,20-23,25-27H,16H2/t20-,21-,22+,23-,25?,26?,27?/m1/s1. The highest BCUT2D eigenvalue weighted by atomic mass is 16.8. The lowest BCUT2D eigenvalue weighted by atomic mass is 9.99. The molecule has 3 unspecified atom stereocenters. The van der Waals surface area contributed by atoms with Gasteiger partial charge in [0, 0.05) is 11.1 Å². The third kappa shape index (κ3) is 4.13. The number of hydrogen-bond donors (Lipinski definition) is 0. The number of benzene rings is 3. The Morgan fingerprint density at radius 1 is 0.618 bits per heavy atom. The van der Waals surface area contributed by atoms with Crippen molar-refractivity contribution in [2.75, 3.05) is 6.61 Å². The molecule has 0 aliphatic carbocycles. The van der Waals surface area contributed by atoms with Crippen LogP contribution in [0, 0.1) is 0 Å². The average Bonchev–Trinajstić information content (AvgIpc) is 3.53. The summed E-state index contributed by atoms with van der Waals surface area (Å²) in [6, 6.07) is 28.2. The van der Waals surface area contributed by atoms with E-state index in [1.54, 1.807) is 24.3 Å². The zero-order valence-electron chi connectivity index (χ0n) is 18.3. The predicted octanol–water partition coefficient (Wildman–Crippen LogP) is 4.17. The Morgan fingerprint density at radius 3 is 1.79 bits per heavy atom. The number of carbonyl (C=O) groups is 1. The maximum absolute atomic E-state index is 12.5. The van der Waals surface area contributed by atoms with Gasteiger partial charge in [0.1, 0.15) is 31.0 Å². The van der Waals surface area contributed by atoms with Crippen molar-refractivity contribution >= 4 is 5.97 Å². The smallest absolute Gasteiger partial charge is 0.338 e. The van der Waals surface area contributed by atoms with Gasteiger partial charge in [-0.2, -0.15) is 0 Å². The molecule has 3 fully saturated rings. The summed E-state index contributed by atoms with van der Waals surface area (Å²) >= 11 is 0. The Hall–Kier alpha value is -3.07. The summed E-state index contributed by atoms with van der Waals surface area (Å²) in [4.78, 5) is 12.5. The van der Waals surface area contributed by atoms with Gasteiger partial charge in [0.05, 0.1) is 5.56 Å². The first kappa shape index (κ1) is 21.5. The van der Waals surface area contributed by atoms with Crippen LogP contribution in [-0.4, -0.2) is 43.3 Å². The molecule has 174 valence electrons. The minimum atomic E-state index is -0.676. The van der Waals surface area contributed by atoms with Crippen molar-refractivity contribution in [2.24, 2.45) is 0 Å². The molecule has 3 aliphatic heterocycles. The third-order valence-corrected chi connectivity index (χ3v) is 6.22. The fourth-order valence-corrected chi connectivity index (χ4v) is 4.55. The van der Waals surface area contributed by atoms with E-state index in [9.17, 15) is 4.79 Å². The summed E-state index contributed by atoms with van der Waals surface area (Å²) in [5.74, 6) is -0.424. The predicted molar refractivity (Wildman–Crippen MR) is 119 cm³/mol. The highest BCUT2D eigenvalue weighted by Gasteiger charge is 2.58. The molecule has 0 bridgehead atoms. The topological polar surface area (TPSA) is 72.5 Å². The van der Waals surface area contributed by atoms with Gasteiger partial charge in [-0.05, 0) is 12.1 Å². The van der Waals surface area contributed by atoms with E-state index < -0.39 is 49.3 Å². The van der Waals surface area contributed by atoms with Crippen LogP contribution in [0.25, 0.3) is 0 Å². The fourth-order valence-electron chi connectivity index (χ4n) is 4.55. The van der Waals surface area contributed by atoms with Crippen LogP contribution in [0.3, 0.4) is 0 Å². The minimum Gasteiger partial charge on any atom is -0.459 e. The van der Waals surface area contributed by atoms with Crippen molar-refractivity contribution in [1.29, 1.82) is 0 Å². The minimum absolute atomic E-state index is 0.00233. The van der Waals surface area contributed by atoms with Crippen LogP contribution in [-0.2, 0) is 28.4 Å². The highest BCUT2D eigenvalue weighted by molar-refractivity contribution is 5.89.